The number of pyridine rings is 1. The van der Waals surface area contributed by atoms with Crippen molar-refractivity contribution in [1.29, 1.82) is 0 Å². The molecule has 0 aliphatic carbocycles. The number of ether oxygens (including phenoxy) is 1. The summed E-state index contributed by atoms with van der Waals surface area (Å²) in [5, 5.41) is 3.99. The Labute approximate surface area is 168 Å². The van der Waals surface area contributed by atoms with E-state index in [1.165, 1.54) is 5.56 Å². The average molecular weight is 397 g/mol. The fourth-order valence-electron chi connectivity index (χ4n) is 2.85. The number of hydrogen-bond acceptors (Lipinski definition) is 4. The maximum atomic E-state index is 12.2. The van der Waals surface area contributed by atoms with Crippen LogP contribution in [-0.4, -0.2) is 23.5 Å². The van der Waals surface area contributed by atoms with Crippen molar-refractivity contribution in [3.63, 3.8) is 0 Å². The second-order valence-electron chi connectivity index (χ2n) is 6.50. The molecule has 1 unspecified atom stereocenters. The van der Waals surface area contributed by atoms with Crippen LogP contribution in [0.3, 0.4) is 0 Å². The minimum absolute atomic E-state index is 0.173. The monoisotopic (exact) mass is 396 g/mol. The van der Waals surface area contributed by atoms with E-state index < -0.39 is 5.97 Å². The number of hydrogen-bond donors (Lipinski definition) is 1. The van der Waals surface area contributed by atoms with E-state index in [9.17, 15) is 9.59 Å². The Morgan fingerprint density at radius 1 is 1.11 bits per heavy atom. The number of esters is 1. The lowest BCUT2D eigenvalue weighted by Gasteiger charge is -2.15. The molecule has 0 saturated heterocycles. The zero-order chi connectivity index (χ0) is 20.1. The van der Waals surface area contributed by atoms with Gasteiger partial charge in [-0.25, -0.2) is 9.78 Å². The number of nitrogens with zero attached hydrogens (tertiary/aromatic N) is 1. The van der Waals surface area contributed by atoms with Gasteiger partial charge >= 0.3 is 5.97 Å². The summed E-state index contributed by atoms with van der Waals surface area (Å²) in [6, 6.07) is 16.3. The van der Waals surface area contributed by atoms with Gasteiger partial charge in [0.25, 0.3) is 5.91 Å². The van der Waals surface area contributed by atoms with Gasteiger partial charge in [-0.05, 0) is 54.8 Å². The molecule has 0 spiro atoms. The first-order chi connectivity index (χ1) is 13.5. The van der Waals surface area contributed by atoms with Crippen LogP contribution in [0.5, 0.6) is 0 Å². The van der Waals surface area contributed by atoms with Crippen molar-refractivity contribution in [3.8, 4) is 0 Å². The SMILES string of the molecule is CCc1ccc(C(C)NC(=O)COC(=O)c2ccc3nc(Cl)ccc3c2)cc1. The Morgan fingerprint density at radius 2 is 1.86 bits per heavy atom. The number of benzene rings is 2. The molecule has 0 fully saturated rings. The molecule has 6 heteroatoms. The summed E-state index contributed by atoms with van der Waals surface area (Å²) in [5.74, 6) is -0.915. The molecule has 1 heterocycles. The highest BCUT2D eigenvalue weighted by Crippen LogP contribution is 2.18. The van der Waals surface area contributed by atoms with E-state index in [2.05, 4.69) is 17.2 Å². The smallest absolute Gasteiger partial charge is 0.338 e. The predicted octanol–water partition coefficient (Wildman–Crippen LogP) is 4.48. The Kier molecular flexibility index (Phi) is 6.26. The van der Waals surface area contributed by atoms with E-state index in [4.69, 9.17) is 16.3 Å². The molecule has 1 N–H and O–H groups in total. The van der Waals surface area contributed by atoms with E-state index in [0.29, 0.717) is 16.2 Å². The lowest BCUT2D eigenvalue weighted by molar-refractivity contribution is -0.124. The van der Waals surface area contributed by atoms with Crippen LogP contribution in [0.15, 0.2) is 54.6 Å². The molecule has 28 heavy (non-hydrogen) atoms. The number of aromatic nitrogens is 1. The van der Waals surface area contributed by atoms with Crippen molar-refractivity contribution in [1.82, 2.24) is 10.3 Å². The quantitative estimate of drug-likeness (QED) is 0.492. The maximum absolute atomic E-state index is 12.2. The lowest BCUT2D eigenvalue weighted by Crippen LogP contribution is -2.31. The van der Waals surface area contributed by atoms with Crippen LogP contribution in [-0.2, 0) is 16.0 Å². The van der Waals surface area contributed by atoms with Crippen molar-refractivity contribution in [3.05, 3.63) is 76.4 Å². The summed E-state index contributed by atoms with van der Waals surface area (Å²) in [6.07, 6.45) is 0.967. The first-order valence-corrected chi connectivity index (χ1v) is 9.45. The molecular formula is C22H21ClN2O3. The van der Waals surface area contributed by atoms with Crippen molar-refractivity contribution in [2.75, 3.05) is 6.61 Å². The Hall–Kier alpha value is -2.92. The Morgan fingerprint density at radius 3 is 2.57 bits per heavy atom. The number of halogens is 1. The number of aryl methyl sites for hydroxylation is 1. The largest absolute Gasteiger partial charge is 0.452 e. The number of amides is 1. The van der Waals surface area contributed by atoms with Crippen molar-refractivity contribution in [2.45, 2.75) is 26.3 Å². The average Bonchev–Trinajstić information content (AvgIpc) is 2.71. The molecule has 1 atom stereocenters. The number of rotatable bonds is 6. The standard InChI is InChI=1S/C22H21ClN2O3/c1-3-15-4-6-16(7-5-15)14(2)24-21(26)13-28-22(27)18-8-10-19-17(12-18)9-11-20(23)25-19/h4-12,14H,3,13H2,1-2H3,(H,24,26). The van der Waals surface area contributed by atoms with Crippen molar-refractivity contribution < 1.29 is 14.3 Å². The van der Waals surface area contributed by atoms with Crippen LogP contribution in [0.1, 0.15) is 41.4 Å². The molecule has 1 amide bonds. The minimum Gasteiger partial charge on any atom is -0.452 e. The van der Waals surface area contributed by atoms with Gasteiger partial charge in [0.15, 0.2) is 6.61 Å². The van der Waals surface area contributed by atoms with Crippen molar-refractivity contribution >= 4 is 34.4 Å². The van der Waals surface area contributed by atoms with Gasteiger partial charge in [0.1, 0.15) is 5.15 Å². The summed E-state index contributed by atoms with van der Waals surface area (Å²) in [4.78, 5) is 28.5. The van der Waals surface area contributed by atoms with Crippen LogP contribution >= 0.6 is 11.6 Å². The van der Waals surface area contributed by atoms with Crippen LogP contribution in [0.2, 0.25) is 5.15 Å². The summed E-state index contributed by atoms with van der Waals surface area (Å²) in [6.45, 7) is 3.64. The Balaban J connectivity index is 1.56. The van der Waals surface area contributed by atoms with Gasteiger partial charge in [0.05, 0.1) is 17.1 Å². The molecule has 0 radical (unpaired) electrons. The molecule has 1 aromatic heterocycles. The topological polar surface area (TPSA) is 68.3 Å². The van der Waals surface area contributed by atoms with Gasteiger partial charge in [0.2, 0.25) is 0 Å². The number of fused-ring (bicyclic) bond motifs is 1. The van der Waals surface area contributed by atoms with Crippen LogP contribution in [0.25, 0.3) is 10.9 Å². The summed E-state index contributed by atoms with van der Waals surface area (Å²) in [7, 11) is 0. The third kappa shape index (κ3) is 4.87. The van der Waals surface area contributed by atoms with E-state index in [1.54, 1.807) is 30.3 Å². The van der Waals surface area contributed by atoms with Crippen LogP contribution < -0.4 is 5.32 Å². The van der Waals surface area contributed by atoms with E-state index in [1.807, 2.05) is 31.2 Å². The fourth-order valence-corrected chi connectivity index (χ4v) is 3.00. The van der Waals surface area contributed by atoms with Gasteiger partial charge in [-0.15, -0.1) is 0 Å². The molecule has 0 aliphatic rings. The van der Waals surface area contributed by atoms with E-state index in [-0.39, 0.29) is 18.6 Å². The van der Waals surface area contributed by atoms with E-state index >= 15 is 0 Å². The molecular weight excluding hydrogens is 376 g/mol. The summed E-state index contributed by atoms with van der Waals surface area (Å²) < 4.78 is 5.14. The number of nitrogens with one attached hydrogen (secondary N) is 1. The van der Waals surface area contributed by atoms with Gasteiger partial charge in [-0.1, -0.05) is 42.8 Å². The highest BCUT2D eigenvalue weighted by atomic mass is 35.5. The minimum atomic E-state index is -0.563. The molecule has 3 aromatic rings. The predicted molar refractivity (Wildman–Crippen MR) is 109 cm³/mol. The summed E-state index contributed by atoms with van der Waals surface area (Å²) in [5.41, 5.74) is 3.28. The first-order valence-electron chi connectivity index (χ1n) is 9.08. The molecule has 0 saturated carbocycles. The summed E-state index contributed by atoms with van der Waals surface area (Å²) >= 11 is 5.86. The number of carbonyl (C=O) groups excluding carboxylic acids is 2. The zero-order valence-electron chi connectivity index (χ0n) is 15.7. The second kappa shape index (κ2) is 8.85. The van der Waals surface area contributed by atoms with Gasteiger partial charge in [0, 0.05) is 5.39 Å². The molecule has 0 bridgehead atoms. The van der Waals surface area contributed by atoms with Gasteiger partial charge in [-0.2, -0.15) is 0 Å². The van der Waals surface area contributed by atoms with Gasteiger partial charge < -0.3 is 10.1 Å². The second-order valence-corrected chi connectivity index (χ2v) is 6.89. The third-order valence-electron chi connectivity index (χ3n) is 4.49. The maximum Gasteiger partial charge on any atom is 0.338 e. The molecule has 0 aliphatic heterocycles. The highest BCUT2D eigenvalue weighted by molar-refractivity contribution is 6.29. The number of carbonyl (C=O) groups is 2. The van der Waals surface area contributed by atoms with E-state index in [0.717, 1.165) is 17.4 Å². The highest BCUT2D eigenvalue weighted by Gasteiger charge is 2.14. The molecule has 144 valence electrons. The fraction of sp³-hybridized carbons (Fsp3) is 0.227. The molecule has 3 rings (SSSR count). The third-order valence-corrected chi connectivity index (χ3v) is 4.70. The van der Waals surface area contributed by atoms with Gasteiger partial charge in [-0.3, -0.25) is 4.79 Å². The zero-order valence-corrected chi connectivity index (χ0v) is 16.5. The van der Waals surface area contributed by atoms with Crippen LogP contribution in [0.4, 0.5) is 0 Å². The van der Waals surface area contributed by atoms with Crippen molar-refractivity contribution in [2.24, 2.45) is 0 Å². The Bertz CT molecular complexity index is 1000. The normalized spacial score (nSPS) is 11.8. The lowest BCUT2D eigenvalue weighted by atomic mass is 10.1. The van der Waals surface area contributed by atoms with Crippen LogP contribution in [0, 0.1) is 0 Å². The first kappa shape index (κ1) is 19.8. The molecule has 5 nitrogen and oxygen atoms in total. The molecule has 2 aromatic carbocycles.